The maximum atomic E-state index is 12.0. The summed E-state index contributed by atoms with van der Waals surface area (Å²) in [6.07, 6.45) is -4.34. The van der Waals surface area contributed by atoms with Crippen LogP contribution in [0.2, 0.25) is 0 Å². The van der Waals surface area contributed by atoms with Crippen molar-refractivity contribution >= 4 is 28.9 Å². The zero-order valence-electron chi connectivity index (χ0n) is 7.71. The highest BCUT2D eigenvalue weighted by atomic mass is 127. The maximum absolute atomic E-state index is 12.0. The average molecular weight is 346 g/mol. The molecule has 0 spiro atoms. The van der Waals surface area contributed by atoms with Gasteiger partial charge in [0.05, 0.1) is 0 Å². The first kappa shape index (κ1) is 13.2. The van der Waals surface area contributed by atoms with Gasteiger partial charge in [0, 0.05) is 17.7 Å². The molecule has 1 heterocycles. The minimum atomic E-state index is -4.83. The SMILES string of the molecule is NCc1cc(C=O)c(I)nc1OC(F)(F)F. The van der Waals surface area contributed by atoms with Crippen molar-refractivity contribution in [3.05, 3.63) is 20.9 Å². The van der Waals surface area contributed by atoms with Crippen LogP contribution in [0.1, 0.15) is 15.9 Å². The number of nitrogens with two attached hydrogens (primary N) is 1. The highest BCUT2D eigenvalue weighted by Gasteiger charge is 2.33. The van der Waals surface area contributed by atoms with Crippen molar-refractivity contribution in [3.63, 3.8) is 0 Å². The number of rotatable bonds is 3. The van der Waals surface area contributed by atoms with Crippen LogP contribution in [0.25, 0.3) is 0 Å². The summed E-state index contributed by atoms with van der Waals surface area (Å²) >= 11 is 1.64. The van der Waals surface area contributed by atoms with Crippen LogP contribution in [0.15, 0.2) is 6.07 Å². The van der Waals surface area contributed by atoms with E-state index >= 15 is 0 Å². The summed E-state index contributed by atoms with van der Waals surface area (Å²) in [4.78, 5) is 14.1. The minimum absolute atomic E-state index is 0.0276. The molecule has 1 aromatic heterocycles. The molecule has 0 amide bonds. The van der Waals surface area contributed by atoms with E-state index in [4.69, 9.17) is 5.73 Å². The third kappa shape index (κ3) is 3.30. The lowest BCUT2D eigenvalue weighted by molar-refractivity contribution is -0.276. The zero-order chi connectivity index (χ0) is 12.3. The van der Waals surface area contributed by atoms with Gasteiger partial charge in [-0.15, -0.1) is 13.2 Å². The van der Waals surface area contributed by atoms with Gasteiger partial charge in [-0.3, -0.25) is 4.79 Å². The van der Waals surface area contributed by atoms with Crippen molar-refractivity contribution in [1.82, 2.24) is 4.98 Å². The molecule has 0 saturated carbocycles. The number of hydrogen-bond donors (Lipinski definition) is 1. The molecule has 0 saturated heterocycles. The molecule has 0 unspecified atom stereocenters. The molecule has 0 aromatic carbocycles. The third-order valence-corrected chi connectivity index (χ3v) is 2.47. The predicted octanol–water partition coefficient (Wildman–Crippen LogP) is 1.86. The van der Waals surface area contributed by atoms with E-state index in [9.17, 15) is 18.0 Å². The second-order valence-corrected chi connectivity index (χ2v) is 3.72. The van der Waals surface area contributed by atoms with Gasteiger partial charge in [0.15, 0.2) is 6.29 Å². The van der Waals surface area contributed by atoms with E-state index in [2.05, 4.69) is 9.72 Å². The molecule has 88 valence electrons. The highest BCUT2D eigenvalue weighted by Crippen LogP contribution is 2.26. The van der Waals surface area contributed by atoms with E-state index in [1.807, 2.05) is 0 Å². The first-order valence-corrected chi connectivity index (χ1v) is 5.05. The van der Waals surface area contributed by atoms with E-state index in [0.717, 1.165) is 0 Å². The van der Waals surface area contributed by atoms with Gasteiger partial charge in [-0.1, -0.05) is 0 Å². The lowest BCUT2D eigenvalue weighted by Crippen LogP contribution is -2.20. The summed E-state index contributed by atoms with van der Waals surface area (Å²) < 4.78 is 39.8. The normalized spacial score (nSPS) is 11.3. The van der Waals surface area contributed by atoms with Crippen LogP contribution in [0.4, 0.5) is 13.2 Å². The summed E-state index contributed by atoms with van der Waals surface area (Å²) in [6, 6.07) is 1.23. The second kappa shape index (κ2) is 4.95. The lowest BCUT2D eigenvalue weighted by atomic mass is 10.2. The van der Waals surface area contributed by atoms with Crippen LogP contribution in [0.3, 0.4) is 0 Å². The van der Waals surface area contributed by atoms with Crippen molar-refractivity contribution < 1.29 is 22.7 Å². The van der Waals surface area contributed by atoms with Crippen LogP contribution >= 0.6 is 22.6 Å². The number of carbonyl (C=O) groups is 1. The molecule has 1 rings (SSSR count). The second-order valence-electron chi connectivity index (χ2n) is 2.70. The predicted molar refractivity (Wildman–Crippen MR) is 56.9 cm³/mol. The van der Waals surface area contributed by atoms with Crippen LogP contribution in [0, 0.1) is 3.70 Å². The molecular weight excluding hydrogens is 340 g/mol. The van der Waals surface area contributed by atoms with Crippen molar-refractivity contribution in [2.24, 2.45) is 5.73 Å². The smallest absolute Gasteiger partial charge is 0.387 e. The number of carbonyl (C=O) groups excluding carboxylic acids is 1. The maximum Gasteiger partial charge on any atom is 0.574 e. The number of alkyl halides is 3. The molecular formula is C8H6F3IN2O2. The minimum Gasteiger partial charge on any atom is -0.387 e. The van der Waals surface area contributed by atoms with E-state index in [1.165, 1.54) is 6.07 Å². The van der Waals surface area contributed by atoms with Crippen LogP contribution in [-0.4, -0.2) is 17.6 Å². The lowest BCUT2D eigenvalue weighted by Gasteiger charge is -2.12. The standard InChI is InChI=1S/C8H6F3IN2O2/c9-8(10,11)16-7-4(2-13)1-5(3-15)6(12)14-7/h1,3H,2,13H2. The Hall–Kier alpha value is -0.900. The molecule has 0 radical (unpaired) electrons. The van der Waals surface area contributed by atoms with E-state index in [0.29, 0.717) is 6.29 Å². The van der Waals surface area contributed by atoms with Crippen LogP contribution in [0.5, 0.6) is 5.88 Å². The van der Waals surface area contributed by atoms with E-state index in [-0.39, 0.29) is 21.4 Å². The van der Waals surface area contributed by atoms with Gasteiger partial charge in [0.25, 0.3) is 0 Å². The average Bonchev–Trinajstić information content (AvgIpc) is 2.16. The fourth-order valence-corrected chi connectivity index (χ4v) is 1.46. The number of ether oxygens (including phenoxy) is 1. The van der Waals surface area contributed by atoms with Crippen LogP contribution < -0.4 is 10.5 Å². The van der Waals surface area contributed by atoms with Crippen molar-refractivity contribution in [3.8, 4) is 5.88 Å². The van der Waals surface area contributed by atoms with E-state index in [1.54, 1.807) is 22.6 Å². The van der Waals surface area contributed by atoms with Gasteiger partial charge in [-0.25, -0.2) is 4.98 Å². The summed E-state index contributed by atoms with van der Waals surface area (Å²) in [5, 5.41) is 0. The molecule has 0 fully saturated rings. The molecule has 16 heavy (non-hydrogen) atoms. The fourth-order valence-electron chi connectivity index (χ4n) is 0.961. The molecule has 2 N–H and O–H groups in total. The van der Waals surface area contributed by atoms with Gasteiger partial charge in [0.1, 0.15) is 3.70 Å². The molecule has 8 heteroatoms. The number of nitrogens with zero attached hydrogens (tertiary/aromatic N) is 1. The van der Waals surface area contributed by atoms with Gasteiger partial charge in [0.2, 0.25) is 5.88 Å². The molecule has 0 aliphatic rings. The Morgan fingerprint density at radius 2 is 2.19 bits per heavy atom. The van der Waals surface area contributed by atoms with Crippen molar-refractivity contribution in [2.45, 2.75) is 12.9 Å². The Morgan fingerprint density at radius 1 is 1.56 bits per heavy atom. The fraction of sp³-hybridized carbons (Fsp3) is 0.250. The Bertz CT molecular complexity index is 409. The molecule has 1 aromatic rings. The zero-order valence-corrected chi connectivity index (χ0v) is 9.87. The summed E-state index contributed by atoms with van der Waals surface area (Å²) in [5.41, 5.74) is 5.44. The number of halogens is 4. The Morgan fingerprint density at radius 3 is 2.62 bits per heavy atom. The number of pyridine rings is 1. The Labute approximate surface area is 102 Å². The first-order valence-electron chi connectivity index (χ1n) is 3.97. The first-order chi connectivity index (χ1) is 7.37. The summed E-state index contributed by atoms with van der Waals surface area (Å²) in [7, 11) is 0. The van der Waals surface area contributed by atoms with Gasteiger partial charge < -0.3 is 10.5 Å². The third-order valence-electron chi connectivity index (χ3n) is 1.60. The molecule has 0 aliphatic heterocycles. The highest BCUT2D eigenvalue weighted by molar-refractivity contribution is 14.1. The Kier molecular flexibility index (Phi) is 4.08. The van der Waals surface area contributed by atoms with Crippen LogP contribution in [-0.2, 0) is 6.54 Å². The largest absolute Gasteiger partial charge is 0.574 e. The number of hydrogen-bond acceptors (Lipinski definition) is 4. The van der Waals surface area contributed by atoms with Crippen molar-refractivity contribution in [2.75, 3.05) is 0 Å². The summed E-state index contributed by atoms with van der Waals surface area (Å²) in [5.74, 6) is -0.620. The Balaban J connectivity index is 3.18. The van der Waals surface area contributed by atoms with Gasteiger partial charge in [-0.2, -0.15) is 0 Å². The monoisotopic (exact) mass is 346 g/mol. The molecule has 0 aliphatic carbocycles. The van der Waals surface area contributed by atoms with Gasteiger partial charge in [-0.05, 0) is 28.7 Å². The number of aldehydes is 1. The summed E-state index contributed by atoms with van der Waals surface area (Å²) in [6.45, 7) is -0.198. The van der Waals surface area contributed by atoms with Gasteiger partial charge >= 0.3 is 6.36 Å². The molecule has 4 nitrogen and oxygen atoms in total. The molecule has 0 bridgehead atoms. The van der Waals surface area contributed by atoms with Crippen molar-refractivity contribution in [1.29, 1.82) is 0 Å². The number of aromatic nitrogens is 1. The quantitative estimate of drug-likeness (QED) is 0.516. The molecule has 0 atom stereocenters. The topological polar surface area (TPSA) is 65.2 Å². The van der Waals surface area contributed by atoms with E-state index < -0.39 is 12.2 Å².